The summed E-state index contributed by atoms with van der Waals surface area (Å²) in [5.74, 6) is -0.245. The van der Waals surface area contributed by atoms with Gasteiger partial charge in [-0.1, -0.05) is 6.58 Å². The van der Waals surface area contributed by atoms with Gasteiger partial charge >= 0.3 is 5.97 Å². The molecule has 0 fully saturated rings. The van der Waals surface area contributed by atoms with E-state index in [9.17, 15) is 13.6 Å². The van der Waals surface area contributed by atoms with Gasteiger partial charge in [0.2, 0.25) is 0 Å². The SMILES string of the molecule is C=CC(=O)Oc1ccc(NS(=O)[O-])cc1. The number of hydrogen-bond donors (Lipinski definition) is 1. The summed E-state index contributed by atoms with van der Waals surface area (Å²) >= 11 is -2.36. The first-order valence-electron chi connectivity index (χ1n) is 3.92. The molecule has 0 bridgehead atoms. The lowest BCUT2D eigenvalue weighted by molar-refractivity contribution is -0.128. The Hall–Kier alpha value is -1.66. The number of hydrogen-bond acceptors (Lipinski definition) is 4. The average molecular weight is 226 g/mol. The van der Waals surface area contributed by atoms with Gasteiger partial charge in [-0.25, -0.2) is 4.79 Å². The third-order valence-corrected chi connectivity index (χ3v) is 1.84. The van der Waals surface area contributed by atoms with Crippen LogP contribution >= 0.6 is 0 Å². The Morgan fingerprint density at radius 2 is 2.07 bits per heavy atom. The molecule has 1 unspecified atom stereocenters. The summed E-state index contributed by atoms with van der Waals surface area (Å²) < 4.78 is 27.5. The summed E-state index contributed by atoms with van der Waals surface area (Å²) in [5, 5.41) is 0. The van der Waals surface area contributed by atoms with Crippen LogP contribution < -0.4 is 9.46 Å². The Balaban J connectivity index is 2.67. The predicted octanol–water partition coefficient (Wildman–Crippen LogP) is 0.984. The van der Waals surface area contributed by atoms with Gasteiger partial charge < -0.3 is 14.0 Å². The highest BCUT2D eigenvalue weighted by atomic mass is 32.2. The molecule has 1 N–H and O–H groups in total. The van der Waals surface area contributed by atoms with Crippen LogP contribution in [0, 0.1) is 0 Å². The van der Waals surface area contributed by atoms with Gasteiger partial charge in [0.25, 0.3) is 0 Å². The van der Waals surface area contributed by atoms with Crippen LogP contribution in [0.1, 0.15) is 0 Å². The van der Waals surface area contributed by atoms with Gasteiger partial charge in [0.05, 0.1) is 0 Å². The topological polar surface area (TPSA) is 78.5 Å². The van der Waals surface area contributed by atoms with E-state index in [2.05, 4.69) is 11.3 Å². The Morgan fingerprint density at radius 1 is 1.47 bits per heavy atom. The van der Waals surface area contributed by atoms with Gasteiger partial charge in [-0.15, -0.1) is 0 Å². The zero-order valence-electron chi connectivity index (χ0n) is 7.64. The Kier molecular flexibility index (Phi) is 4.02. The van der Waals surface area contributed by atoms with Crippen LogP contribution in [0.5, 0.6) is 5.75 Å². The van der Waals surface area contributed by atoms with Crippen LogP contribution in [0.4, 0.5) is 5.69 Å². The molecule has 0 aliphatic heterocycles. The van der Waals surface area contributed by atoms with Crippen molar-refractivity contribution in [2.24, 2.45) is 0 Å². The van der Waals surface area contributed by atoms with E-state index in [1.807, 2.05) is 0 Å². The van der Waals surface area contributed by atoms with Crippen LogP contribution in [-0.2, 0) is 16.1 Å². The Bertz CT molecular complexity index is 388. The summed E-state index contributed by atoms with van der Waals surface area (Å²) in [6.07, 6.45) is 1.04. The summed E-state index contributed by atoms with van der Waals surface area (Å²) in [5.41, 5.74) is 0.390. The highest BCUT2D eigenvalue weighted by Gasteiger charge is 1.99. The number of carbonyl (C=O) groups excluding carboxylic acids is 1. The summed E-state index contributed by atoms with van der Waals surface area (Å²) in [4.78, 5) is 10.8. The van der Waals surface area contributed by atoms with Gasteiger partial charge in [-0.05, 0) is 24.3 Å². The van der Waals surface area contributed by atoms with E-state index in [0.717, 1.165) is 6.08 Å². The van der Waals surface area contributed by atoms with Crippen LogP contribution in [0.25, 0.3) is 0 Å². The van der Waals surface area contributed by atoms with Gasteiger partial charge in [0.1, 0.15) is 5.75 Å². The quantitative estimate of drug-likeness (QED) is 0.359. The molecule has 5 nitrogen and oxygen atoms in total. The number of rotatable bonds is 4. The minimum absolute atomic E-state index is 0.321. The molecule has 0 aliphatic rings. The molecule has 0 saturated heterocycles. The van der Waals surface area contributed by atoms with E-state index < -0.39 is 17.2 Å². The van der Waals surface area contributed by atoms with E-state index in [1.165, 1.54) is 24.3 Å². The number of carbonyl (C=O) groups is 1. The van der Waals surface area contributed by atoms with E-state index in [1.54, 1.807) is 0 Å². The fraction of sp³-hybridized carbons (Fsp3) is 0. The van der Waals surface area contributed by atoms with Crippen LogP contribution in [0.3, 0.4) is 0 Å². The molecule has 15 heavy (non-hydrogen) atoms. The average Bonchev–Trinajstić information content (AvgIpc) is 2.20. The van der Waals surface area contributed by atoms with Gasteiger partial charge in [-0.2, -0.15) is 0 Å². The van der Waals surface area contributed by atoms with Crippen LogP contribution in [0.15, 0.2) is 36.9 Å². The lowest BCUT2D eigenvalue weighted by atomic mass is 10.3. The number of nitrogens with one attached hydrogen (secondary N) is 1. The third kappa shape index (κ3) is 3.92. The van der Waals surface area contributed by atoms with E-state index >= 15 is 0 Å². The first kappa shape index (κ1) is 11.4. The molecule has 0 aliphatic carbocycles. The number of esters is 1. The molecule has 0 saturated carbocycles. The van der Waals surface area contributed by atoms with E-state index in [4.69, 9.17) is 4.74 Å². The predicted molar refractivity (Wildman–Crippen MR) is 54.8 cm³/mol. The highest BCUT2D eigenvalue weighted by Crippen LogP contribution is 2.15. The minimum Gasteiger partial charge on any atom is -0.755 e. The van der Waals surface area contributed by atoms with Crippen molar-refractivity contribution in [1.29, 1.82) is 0 Å². The van der Waals surface area contributed by atoms with Crippen molar-refractivity contribution < 1.29 is 18.3 Å². The highest BCUT2D eigenvalue weighted by molar-refractivity contribution is 7.80. The Labute approximate surface area is 89.2 Å². The normalized spacial score (nSPS) is 11.5. The number of benzene rings is 1. The maximum Gasteiger partial charge on any atom is 0.335 e. The molecular formula is C9H8NO4S-. The molecule has 0 aromatic heterocycles. The van der Waals surface area contributed by atoms with Crippen molar-refractivity contribution in [1.82, 2.24) is 0 Å². The van der Waals surface area contributed by atoms with Crippen molar-refractivity contribution in [3.63, 3.8) is 0 Å². The molecule has 80 valence electrons. The first-order chi connectivity index (χ1) is 7.11. The van der Waals surface area contributed by atoms with Crippen molar-refractivity contribution in [2.45, 2.75) is 0 Å². The van der Waals surface area contributed by atoms with Crippen molar-refractivity contribution >= 4 is 22.9 Å². The first-order valence-corrected chi connectivity index (χ1v) is 4.99. The zero-order chi connectivity index (χ0) is 11.3. The maximum atomic E-state index is 10.8. The van der Waals surface area contributed by atoms with E-state index in [-0.39, 0.29) is 0 Å². The third-order valence-electron chi connectivity index (χ3n) is 1.44. The molecule has 1 atom stereocenters. The van der Waals surface area contributed by atoms with Gasteiger partial charge in [-0.3, -0.25) is 4.21 Å². The van der Waals surface area contributed by atoms with Crippen molar-refractivity contribution in [3.8, 4) is 5.75 Å². The van der Waals surface area contributed by atoms with Gasteiger partial charge in [0.15, 0.2) is 0 Å². The lowest BCUT2D eigenvalue weighted by Crippen LogP contribution is -2.04. The molecule has 1 rings (SSSR count). The maximum absolute atomic E-state index is 10.8. The lowest BCUT2D eigenvalue weighted by Gasteiger charge is -2.08. The summed E-state index contributed by atoms with van der Waals surface area (Å²) in [6, 6.07) is 5.89. The van der Waals surface area contributed by atoms with Crippen molar-refractivity contribution in [2.75, 3.05) is 4.72 Å². The van der Waals surface area contributed by atoms with Crippen LogP contribution in [-0.4, -0.2) is 14.7 Å². The molecule has 0 radical (unpaired) electrons. The second kappa shape index (κ2) is 5.28. The molecule has 1 aromatic carbocycles. The second-order valence-electron chi connectivity index (χ2n) is 2.49. The Morgan fingerprint density at radius 3 is 2.53 bits per heavy atom. The summed E-state index contributed by atoms with van der Waals surface area (Å²) in [7, 11) is 0. The number of ether oxygens (including phenoxy) is 1. The minimum atomic E-state index is -2.36. The van der Waals surface area contributed by atoms with Crippen molar-refractivity contribution in [3.05, 3.63) is 36.9 Å². The second-order valence-corrected chi connectivity index (χ2v) is 3.16. The van der Waals surface area contributed by atoms with Gasteiger partial charge in [0, 0.05) is 23.0 Å². The molecule has 0 heterocycles. The largest absolute Gasteiger partial charge is 0.755 e. The fourth-order valence-corrected chi connectivity index (χ4v) is 1.17. The zero-order valence-corrected chi connectivity index (χ0v) is 8.45. The standard InChI is InChI=1S/C9H9NO4S/c1-2-9(11)14-8-5-3-7(4-6-8)10-15(12)13/h2-6,10H,1H2,(H,12,13)/p-1. The monoisotopic (exact) mass is 226 g/mol. The molecular weight excluding hydrogens is 218 g/mol. The van der Waals surface area contributed by atoms with E-state index in [0.29, 0.717) is 11.4 Å². The fourth-order valence-electron chi connectivity index (χ4n) is 0.845. The number of anilines is 1. The molecule has 0 amide bonds. The molecule has 0 spiro atoms. The smallest absolute Gasteiger partial charge is 0.335 e. The van der Waals surface area contributed by atoms with Crippen LogP contribution in [0.2, 0.25) is 0 Å². The molecule has 1 aromatic rings. The summed E-state index contributed by atoms with van der Waals surface area (Å²) in [6.45, 7) is 3.25. The molecule has 6 heteroatoms.